The zero-order chi connectivity index (χ0) is 13.6. The van der Waals surface area contributed by atoms with Crippen molar-refractivity contribution in [3.8, 4) is 0 Å². The lowest BCUT2D eigenvalue weighted by Crippen LogP contribution is -2.54. The van der Waals surface area contributed by atoms with Crippen molar-refractivity contribution in [2.75, 3.05) is 33.4 Å². The van der Waals surface area contributed by atoms with Crippen LogP contribution < -0.4 is 5.32 Å². The van der Waals surface area contributed by atoms with Crippen LogP contribution in [-0.4, -0.2) is 56.0 Å². The van der Waals surface area contributed by atoms with Crippen LogP contribution in [0.3, 0.4) is 0 Å². The second-order valence-corrected chi connectivity index (χ2v) is 5.67. The standard InChI is InChI=1S/C13H26N2O3/c1-13(2,3)18-12(16)15-8-7-14-10-11(15)6-5-9-17-4/h11,14H,5-10H2,1-4H3/t11-/m0/s1. The molecule has 106 valence electrons. The van der Waals surface area contributed by atoms with Gasteiger partial charge in [0.25, 0.3) is 0 Å². The first-order chi connectivity index (χ1) is 8.44. The average Bonchev–Trinajstić information content (AvgIpc) is 2.27. The van der Waals surface area contributed by atoms with Crippen molar-refractivity contribution in [1.29, 1.82) is 0 Å². The molecule has 0 saturated carbocycles. The molecular weight excluding hydrogens is 232 g/mol. The number of nitrogens with one attached hydrogen (secondary N) is 1. The third-order valence-corrected chi connectivity index (χ3v) is 2.86. The van der Waals surface area contributed by atoms with E-state index in [9.17, 15) is 4.79 Å². The smallest absolute Gasteiger partial charge is 0.410 e. The summed E-state index contributed by atoms with van der Waals surface area (Å²) >= 11 is 0. The van der Waals surface area contributed by atoms with Gasteiger partial charge >= 0.3 is 6.09 Å². The molecule has 0 bridgehead atoms. The molecular formula is C13H26N2O3. The largest absolute Gasteiger partial charge is 0.444 e. The van der Waals surface area contributed by atoms with Gasteiger partial charge in [0.2, 0.25) is 0 Å². The van der Waals surface area contributed by atoms with Gasteiger partial charge in [-0.25, -0.2) is 4.79 Å². The molecule has 5 heteroatoms. The van der Waals surface area contributed by atoms with Gasteiger partial charge in [0, 0.05) is 39.4 Å². The summed E-state index contributed by atoms with van der Waals surface area (Å²) in [4.78, 5) is 13.9. The summed E-state index contributed by atoms with van der Waals surface area (Å²) in [5.41, 5.74) is -0.432. The Kier molecular flexibility index (Phi) is 5.88. The number of piperazine rings is 1. The zero-order valence-electron chi connectivity index (χ0n) is 12.0. The van der Waals surface area contributed by atoms with Crippen LogP contribution in [0.5, 0.6) is 0 Å². The molecule has 1 atom stereocenters. The molecule has 0 aromatic carbocycles. The van der Waals surface area contributed by atoms with E-state index in [0.29, 0.717) is 6.54 Å². The van der Waals surface area contributed by atoms with E-state index in [1.165, 1.54) is 0 Å². The van der Waals surface area contributed by atoms with Crippen molar-refractivity contribution in [1.82, 2.24) is 10.2 Å². The normalized spacial score (nSPS) is 20.9. The van der Waals surface area contributed by atoms with Gasteiger partial charge < -0.3 is 19.7 Å². The molecule has 1 heterocycles. The maximum Gasteiger partial charge on any atom is 0.410 e. The monoisotopic (exact) mass is 258 g/mol. The fraction of sp³-hybridized carbons (Fsp3) is 0.923. The molecule has 0 aromatic rings. The first kappa shape index (κ1) is 15.2. The molecule has 0 radical (unpaired) electrons. The van der Waals surface area contributed by atoms with Crippen molar-refractivity contribution in [3.63, 3.8) is 0 Å². The minimum absolute atomic E-state index is 0.202. The van der Waals surface area contributed by atoms with E-state index in [-0.39, 0.29) is 12.1 Å². The highest BCUT2D eigenvalue weighted by atomic mass is 16.6. The Morgan fingerprint density at radius 3 is 2.78 bits per heavy atom. The van der Waals surface area contributed by atoms with E-state index < -0.39 is 5.60 Å². The maximum atomic E-state index is 12.1. The lowest BCUT2D eigenvalue weighted by atomic mass is 10.1. The summed E-state index contributed by atoms with van der Waals surface area (Å²) in [6.45, 7) is 8.81. The quantitative estimate of drug-likeness (QED) is 0.779. The van der Waals surface area contributed by atoms with Gasteiger partial charge in [-0.1, -0.05) is 0 Å². The third kappa shape index (κ3) is 5.23. The van der Waals surface area contributed by atoms with E-state index in [4.69, 9.17) is 9.47 Å². The number of methoxy groups -OCH3 is 1. The first-order valence-corrected chi connectivity index (χ1v) is 6.63. The Morgan fingerprint density at radius 2 is 2.17 bits per heavy atom. The van der Waals surface area contributed by atoms with E-state index in [1.54, 1.807) is 7.11 Å². The van der Waals surface area contributed by atoms with Crippen molar-refractivity contribution < 1.29 is 14.3 Å². The summed E-state index contributed by atoms with van der Waals surface area (Å²) in [7, 11) is 1.70. The van der Waals surface area contributed by atoms with Gasteiger partial charge in [0.1, 0.15) is 5.60 Å². The van der Waals surface area contributed by atoms with Gasteiger partial charge in [-0.2, -0.15) is 0 Å². The van der Waals surface area contributed by atoms with Crippen LogP contribution in [-0.2, 0) is 9.47 Å². The number of carbonyl (C=O) groups excluding carboxylic acids is 1. The fourth-order valence-electron chi connectivity index (χ4n) is 2.04. The third-order valence-electron chi connectivity index (χ3n) is 2.86. The molecule has 1 rings (SSSR count). The SMILES string of the molecule is COCCC[C@H]1CNCCN1C(=O)OC(C)(C)C. The van der Waals surface area contributed by atoms with E-state index in [1.807, 2.05) is 25.7 Å². The molecule has 1 saturated heterocycles. The van der Waals surface area contributed by atoms with Crippen LogP contribution in [0.25, 0.3) is 0 Å². The van der Waals surface area contributed by atoms with Gasteiger partial charge in [-0.05, 0) is 33.6 Å². The van der Waals surface area contributed by atoms with Crippen molar-refractivity contribution in [2.24, 2.45) is 0 Å². The number of ether oxygens (including phenoxy) is 2. The second kappa shape index (κ2) is 6.95. The van der Waals surface area contributed by atoms with Crippen molar-refractivity contribution >= 4 is 6.09 Å². The Balaban J connectivity index is 2.50. The van der Waals surface area contributed by atoms with Crippen molar-refractivity contribution in [3.05, 3.63) is 0 Å². The van der Waals surface area contributed by atoms with E-state index in [2.05, 4.69) is 5.32 Å². The van der Waals surface area contributed by atoms with Crippen LogP contribution in [0.2, 0.25) is 0 Å². The minimum Gasteiger partial charge on any atom is -0.444 e. The molecule has 1 fully saturated rings. The molecule has 5 nitrogen and oxygen atoms in total. The number of hydrogen-bond donors (Lipinski definition) is 1. The van der Waals surface area contributed by atoms with Crippen LogP contribution >= 0.6 is 0 Å². The lowest BCUT2D eigenvalue weighted by molar-refractivity contribution is 0.0102. The van der Waals surface area contributed by atoms with Crippen molar-refractivity contribution in [2.45, 2.75) is 45.3 Å². The number of carbonyl (C=O) groups is 1. The van der Waals surface area contributed by atoms with Crippen LogP contribution in [0.15, 0.2) is 0 Å². The summed E-state index contributed by atoms with van der Waals surface area (Å²) < 4.78 is 10.5. The predicted octanol–water partition coefficient (Wildman–Crippen LogP) is 1.62. The molecule has 1 aliphatic heterocycles. The summed E-state index contributed by atoms with van der Waals surface area (Å²) in [5, 5.41) is 3.32. The highest BCUT2D eigenvalue weighted by Crippen LogP contribution is 2.15. The minimum atomic E-state index is -0.432. The maximum absolute atomic E-state index is 12.1. The summed E-state index contributed by atoms with van der Waals surface area (Å²) in [6, 6.07) is 0.212. The van der Waals surface area contributed by atoms with Crippen LogP contribution in [0, 0.1) is 0 Å². The molecule has 1 N–H and O–H groups in total. The van der Waals surface area contributed by atoms with Crippen LogP contribution in [0.1, 0.15) is 33.6 Å². The van der Waals surface area contributed by atoms with Gasteiger partial charge in [-0.3, -0.25) is 0 Å². The molecule has 0 aromatic heterocycles. The topological polar surface area (TPSA) is 50.8 Å². The molecule has 0 aliphatic carbocycles. The molecule has 1 amide bonds. The first-order valence-electron chi connectivity index (χ1n) is 6.63. The lowest BCUT2D eigenvalue weighted by Gasteiger charge is -2.37. The highest BCUT2D eigenvalue weighted by Gasteiger charge is 2.29. The van der Waals surface area contributed by atoms with Crippen LogP contribution in [0.4, 0.5) is 4.79 Å². The molecule has 18 heavy (non-hydrogen) atoms. The van der Waals surface area contributed by atoms with E-state index in [0.717, 1.165) is 32.5 Å². The zero-order valence-corrected chi connectivity index (χ0v) is 12.0. The summed E-state index contributed by atoms with van der Waals surface area (Å²) in [6.07, 6.45) is 1.70. The Morgan fingerprint density at radius 1 is 1.44 bits per heavy atom. The predicted molar refractivity (Wildman–Crippen MR) is 70.7 cm³/mol. The highest BCUT2D eigenvalue weighted by molar-refractivity contribution is 5.68. The number of amides is 1. The van der Waals surface area contributed by atoms with Gasteiger partial charge in [-0.15, -0.1) is 0 Å². The van der Waals surface area contributed by atoms with E-state index >= 15 is 0 Å². The Hall–Kier alpha value is -0.810. The summed E-state index contributed by atoms with van der Waals surface area (Å²) in [5.74, 6) is 0. The number of rotatable bonds is 4. The molecule has 0 spiro atoms. The van der Waals surface area contributed by atoms with Gasteiger partial charge in [0.05, 0.1) is 0 Å². The second-order valence-electron chi connectivity index (χ2n) is 5.67. The number of nitrogens with zero attached hydrogens (tertiary/aromatic N) is 1. The fourth-order valence-corrected chi connectivity index (χ4v) is 2.04. The average molecular weight is 258 g/mol. The Bertz CT molecular complexity index is 263. The Labute approximate surface area is 110 Å². The van der Waals surface area contributed by atoms with Gasteiger partial charge in [0.15, 0.2) is 0 Å². The molecule has 1 aliphatic rings. The molecule has 0 unspecified atom stereocenters. The number of hydrogen-bond acceptors (Lipinski definition) is 4.